The summed E-state index contributed by atoms with van der Waals surface area (Å²) in [5.74, 6) is 1.40. The van der Waals surface area contributed by atoms with Gasteiger partial charge in [-0.3, -0.25) is 4.79 Å². The molecule has 0 radical (unpaired) electrons. The third-order valence-electron chi connectivity index (χ3n) is 4.44. The second kappa shape index (κ2) is 6.16. The van der Waals surface area contributed by atoms with E-state index < -0.39 is 0 Å². The van der Waals surface area contributed by atoms with Crippen LogP contribution < -0.4 is 5.32 Å². The molecule has 1 aliphatic rings. The first-order valence-electron chi connectivity index (χ1n) is 8.50. The number of carbonyl (C=O) groups is 1. The van der Waals surface area contributed by atoms with Crippen LogP contribution in [0.2, 0.25) is 0 Å². The molecule has 1 amide bonds. The number of nitrogens with zero attached hydrogens (tertiary/aromatic N) is 3. The Labute approximate surface area is 146 Å². The van der Waals surface area contributed by atoms with Crippen molar-refractivity contribution in [3.8, 4) is 11.3 Å². The molecule has 1 aromatic carbocycles. The summed E-state index contributed by atoms with van der Waals surface area (Å²) in [4.78, 5) is 15.8. The van der Waals surface area contributed by atoms with Crippen LogP contribution >= 0.6 is 0 Å². The van der Waals surface area contributed by atoms with Crippen molar-refractivity contribution in [1.29, 1.82) is 0 Å². The largest absolute Gasteiger partial charge is 0.326 e. The maximum atomic E-state index is 11.1. The van der Waals surface area contributed by atoms with E-state index in [2.05, 4.69) is 22.0 Å². The van der Waals surface area contributed by atoms with E-state index in [9.17, 15) is 4.79 Å². The van der Waals surface area contributed by atoms with E-state index in [0.29, 0.717) is 5.92 Å². The van der Waals surface area contributed by atoms with Gasteiger partial charge >= 0.3 is 0 Å². The maximum Gasteiger partial charge on any atom is 0.221 e. The van der Waals surface area contributed by atoms with Crippen LogP contribution in [0.25, 0.3) is 16.9 Å². The Kier molecular flexibility index (Phi) is 3.84. The Morgan fingerprint density at radius 2 is 2.00 bits per heavy atom. The Hall–Kier alpha value is -2.95. The van der Waals surface area contributed by atoms with Crippen molar-refractivity contribution in [3.63, 3.8) is 0 Å². The fraction of sp³-hybridized carbons (Fsp3) is 0.250. The molecule has 4 rings (SSSR count). The van der Waals surface area contributed by atoms with Gasteiger partial charge in [-0.25, -0.2) is 9.50 Å². The molecule has 1 fully saturated rings. The van der Waals surface area contributed by atoms with Crippen LogP contribution in [-0.2, 0) is 11.2 Å². The van der Waals surface area contributed by atoms with Crippen molar-refractivity contribution in [2.24, 2.45) is 5.92 Å². The fourth-order valence-electron chi connectivity index (χ4n) is 3.01. The molecule has 1 saturated carbocycles. The van der Waals surface area contributed by atoms with Gasteiger partial charge in [0.2, 0.25) is 5.91 Å². The van der Waals surface area contributed by atoms with E-state index >= 15 is 0 Å². The average molecular weight is 332 g/mol. The Morgan fingerprint density at radius 1 is 1.24 bits per heavy atom. The summed E-state index contributed by atoms with van der Waals surface area (Å²) in [5.41, 5.74) is 4.85. The first-order valence-corrected chi connectivity index (χ1v) is 8.50. The predicted octanol–water partition coefficient (Wildman–Crippen LogP) is 3.86. The Bertz CT molecular complexity index is 951. The molecule has 2 aromatic heterocycles. The highest BCUT2D eigenvalue weighted by Gasteiger charge is 2.25. The van der Waals surface area contributed by atoms with Crippen molar-refractivity contribution in [1.82, 2.24) is 14.6 Å². The summed E-state index contributed by atoms with van der Waals surface area (Å²) >= 11 is 0. The van der Waals surface area contributed by atoms with Crippen LogP contribution in [0.4, 0.5) is 5.69 Å². The zero-order chi connectivity index (χ0) is 17.4. The molecule has 126 valence electrons. The highest BCUT2D eigenvalue weighted by molar-refractivity contribution is 5.88. The van der Waals surface area contributed by atoms with E-state index in [1.165, 1.54) is 25.3 Å². The molecule has 0 unspecified atom stereocenters. The number of anilines is 1. The van der Waals surface area contributed by atoms with Crippen LogP contribution in [0.3, 0.4) is 0 Å². The second-order valence-corrected chi connectivity index (χ2v) is 6.58. The molecular formula is C20H20N4O. The minimum Gasteiger partial charge on any atom is -0.326 e. The van der Waals surface area contributed by atoms with Gasteiger partial charge in [-0.1, -0.05) is 30.4 Å². The van der Waals surface area contributed by atoms with E-state index in [0.717, 1.165) is 34.8 Å². The van der Waals surface area contributed by atoms with E-state index in [-0.39, 0.29) is 5.91 Å². The lowest BCUT2D eigenvalue weighted by molar-refractivity contribution is -0.114. The number of benzene rings is 1. The van der Waals surface area contributed by atoms with Gasteiger partial charge in [0.1, 0.15) is 0 Å². The number of aromatic nitrogens is 3. The predicted molar refractivity (Wildman–Crippen MR) is 98.3 cm³/mol. The molecule has 1 N–H and O–H groups in total. The average Bonchev–Trinajstić information content (AvgIpc) is 3.35. The number of carbonyl (C=O) groups excluding carboxylic acids is 1. The lowest BCUT2D eigenvalue weighted by Crippen LogP contribution is -2.05. The summed E-state index contributed by atoms with van der Waals surface area (Å²) in [5, 5.41) is 7.46. The highest BCUT2D eigenvalue weighted by atomic mass is 16.1. The molecule has 25 heavy (non-hydrogen) atoms. The van der Waals surface area contributed by atoms with Crippen LogP contribution in [0.5, 0.6) is 0 Å². The Morgan fingerprint density at radius 3 is 2.68 bits per heavy atom. The summed E-state index contributed by atoms with van der Waals surface area (Å²) in [7, 11) is 0. The van der Waals surface area contributed by atoms with E-state index in [4.69, 9.17) is 0 Å². The topological polar surface area (TPSA) is 59.3 Å². The zero-order valence-electron chi connectivity index (χ0n) is 14.2. The van der Waals surface area contributed by atoms with Gasteiger partial charge < -0.3 is 5.32 Å². The normalized spacial score (nSPS) is 13.8. The zero-order valence-corrected chi connectivity index (χ0v) is 14.2. The van der Waals surface area contributed by atoms with Crippen molar-refractivity contribution in [2.45, 2.75) is 26.2 Å². The van der Waals surface area contributed by atoms with Crippen LogP contribution in [-0.4, -0.2) is 20.5 Å². The third-order valence-corrected chi connectivity index (χ3v) is 4.44. The lowest BCUT2D eigenvalue weighted by Gasteiger charge is -2.06. The monoisotopic (exact) mass is 332 g/mol. The summed E-state index contributed by atoms with van der Waals surface area (Å²) < 4.78 is 1.88. The number of rotatable bonds is 5. The Balaban J connectivity index is 1.65. The standard InChI is InChI=1S/C20H20N4O/c1-13(15-6-7-15)12-19-22-20-5-3-4-18(24(20)23-19)16-8-10-17(11-9-16)21-14(2)25/h3-5,8-11,15H,1,6-7,12H2,2H3,(H,21,25). The van der Waals surface area contributed by atoms with Crippen molar-refractivity contribution >= 4 is 17.2 Å². The molecule has 2 heterocycles. The molecule has 0 spiro atoms. The fourth-order valence-corrected chi connectivity index (χ4v) is 3.01. The number of hydrogen-bond acceptors (Lipinski definition) is 3. The van der Waals surface area contributed by atoms with Gasteiger partial charge in [-0.15, -0.1) is 0 Å². The molecule has 1 aliphatic carbocycles. The highest BCUT2D eigenvalue weighted by Crippen LogP contribution is 2.36. The van der Waals surface area contributed by atoms with Gasteiger partial charge in [-0.2, -0.15) is 5.10 Å². The number of allylic oxidation sites excluding steroid dienone is 1. The van der Waals surface area contributed by atoms with E-state index in [1.54, 1.807) is 0 Å². The van der Waals surface area contributed by atoms with Gasteiger partial charge in [0.25, 0.3) is 0 Å². The van der Waals surface area contributed by atoms with Gasteiger partial charge in [-0.05, 0) is 43.0 Å². The SMILES string of the molecule is C=C(Cc1nc2cccc(-c3ccc(NC(C)=O)cc3)n2n1)C1CC1. The van der Waals surface area contributed by atoms with Gasteiger partial charge in [0.15, 0.2) is 11.5 Å². The number of pyridine rings is 1. The number of hydrogen-bond donors (Lipinski definition) is 1. The second-order valence-electron chi connectivity index (χ2n) is 6.58. The minimum absolute atomic E-state index is 0.0772. The number of nitrogens with one attached hydrogen (secondary N) is 1. The number of amides is 1. The molecule has 0 bridgehead atoms. The number of fused-ring (bicyclic) bond motifs is 1. The summed E-state index contributed by atoms with van der Waals surface area (Å²) in [6.45, 7) is 5.67. The van der Waals surface area contributed by atoms with Crippen LogP contribution in [0.15, 0.2) is 54.6 Å². The maximum absolute atomic E-state index is 11.1. The molecule has 0 saturated heterocycles. The molecule has 0 atom stereocenters. The molecule has 5 heteroatoms. The first-order chi connectivity index (χ1) is 12.1. The quantitative estimate of drug-likeness (QED) is 0.722. The lowest BCUT2D eigenvalue weighted by atomic mass is 10.1. The third kappa shape index (κ3) is 3.31. The van der Waals surface area contributed by atoms with Crippen molar-refractivity contribution in [3.05, 3.63) is 60.4 Å². The van der Waals surface area contributed by atoms with E-state index in [1.807, 2.05) is 47.0 Å². The van der Waals surface area contributed by atoms with Crippen LogP contribution in [0.1, 0.15) is 25.6 Å². The summed E-state index contributed by atoms with van der Waals surface area (Å²) in [6, 6.07) is 13.7. The molecule has 5 nitrogen and oxygen atoms in total. The molecule has 3 aromatic rings. The van der Waals surface area contributed by atoms with Crippen molar-refractivity contribution < 1.29 is 4.79 Å². The van der Waals surface area contributed by atoms with Crippen LogP contribution in [0, 0.1) is 5.92 Å². The molecule has 0 aliphatic heterocycles. The smallest absolute Gasteiger partial charge is 0.221 e. The van der Waals surface area contributed by atoms with Crippen molar-refractivity contribution in [2.75, 3.05) is 5.32 Å². The minimum atomic E-state index is -0.0772. The molecular weight excluding hydrogens is 312 g/mol. The van der Waals surface area contributed by atoms with Gasteiger partial charge in [0.05, 0.1) is 5.69 Å². The first kappa shape index (κ1) is 15.6. The van der Waals surface area contributed by atoms with Gasteiger partial charge in [0, 0.05) is 24.6 Å². The summed E-state index contributed by atoms with van der Waals surface area (Å²) in [6.07, 6.45) is 3.24.